The highest BCUT2D eigenvalue weighted by atomic mass is 35.5. The van der Waals surface area contributed by atoms with Crippen molar-refractivity contribution < 1.29 is 14.0 Å². The SMILES string of the molecule is CCCCCCCCCCCCCCCCOP(=O)(O)N(CCCl)CCCl. The van der Waals surface area contributed by atoms with Gasteiger partial charge in [-0.25, -0.2) is 9.24 Å². The highest BCUT2D eigenvalue weighted by molar-refractivity contribution is 7.50. The second-order valence-corrected chi connectivity index (χ2v) is 9.81. The van der Waals surface area contributed by atoms with E-state index in [1.54, 1.807) is 0 Å². The molecule has 0 amide bonds. The number of nitrogens with zero attached hydrogens (tertiary/aromatic N) is 1. The summed E-state index contributed by atoms with van der Waals surface area (Å²) in [5, 5.41) is 0. The van der Waals surface area contributed by atoms with E-state index in [4.69, 9.17) is 27.7 Å². The summed E-state index contributed by atoms with van der Waals surface area (Å²) in [5.41, 5.74) is 0. The minimum absolute atomic E-state index is 0.281. The molecule has 0 radical (unpaired) electrons. The summed E-state index contributed by atoms with van der Waals surface area (Å²) in [6.45, 7) is 3.19. The van der Waals surface area contributed by atoms with E-state index < -0.39 is 7.75 Å². The van der Waals surface area contributed by atoms with Gasteiger partial charge in [-0.05, 0) is 6.42 Å². The second kappa shape index (κ2) is 20.0. The van der Waals surface area contributed by atoms with Crippen molar-refractivity contribution in [2.45, 2.75) is 96.8 Å². The molecule has 4 nitrogen and oxygen atoms in total. The maximum absolute atomic E-state index is 12.2. The van der Waals surface area contributed by atoms with Gasteiger partial charge in [-0.15, -0.1) is 23.2 Å². The molecule has 1 atom stereocenters. The van der Waals surface area contributed by atoms with Gasteiger partial charge in [0.15, 0.2) is 0 Å². The van der Waals surface area contributed by atoms with Gasteiger partial charge in [0, 0.05) is 24.8 Å². The van der Waals surface area contributed by atoms with Gasteiger partial charge in [0.25, 0.3) is 0 Å². The first-order valence-electron chi connectivity index (χ1n) is 10.9. The Morgan fingerprint density at radius 3 is 1.48 bits per heavy atom. The van der Waals surface area contributed by atoms with Gasteiger partial charge in [-0.2, -0.15) is 0 Å². The Labute approximate surface area is 177 Å². The average Bonchev–Trinajstić information content (AvgIpc) is 2.64. The Bertz CT molecular complexity index is 356. The molecular weight excluding hydrogens is 404 g/mol. The van der Waals surface area contributed by atoms with Crippen LogP contribution in [-0.4, -0.2) is 41.0 Å². The highest BCUT2D eigenvalue weighted by Gasteiger charge is 2.28. The van der Waals surface area contributed by atoms with Crippen LogP contribution in [0.4, 0.5) is 0 Å². The lowest BCUT2D eigenvalue weighted by molar-refractivity contribution is 0.203. The molecule has 1 N–H and O–H groups in total. The number of hydrogen-bond donors (Lipinski definition) is 1. The van der Waals surface area contributed by atoms with Crippen molar-refractivity contribution in [3.05, 3.63) is 0 Å². The van der Waals surface area contributed by atoms with Crippen molar-refractivity contribution >= 4 is 30.9 Å². The molecule has 0 spiro atoms. The van der Waals surface area contributed by atoms with Crippen molar-refractivity contribution in [2.75, 3.05) is 31.5 Å². The Morgan fingerprint density at radius 2 is 1.11 bits per heavy atom. The lowest BCUT2D eigenvalue weighted by Crippen LogP contribution is -2.26. The minimum Gasteiger partial charge on any atom is -0.312 e. The summed E-state index contributed by atoms with van der Waals surface area (Å²) in [6, 6.07) is 0. The topological polar surface area (TPSA) is 49.8 Å². The highest BCUT2D eigenvalue weighted by Crippen LogP contribution is 2.46. The third kappa shape index (κ3) is 17.3. The van der Waals surface area contributed by atoms with Crippen molar-refractivity contribution in [3.8, 4) is 0 Å². The summed E-state index contributed by atoms with van der Waals surface area (Å²) in [4.78, 5) is 9.98. The van der Waals surface area contributed by atoms with Crippen LogP contribution in [0, 0.1) is 0 Å². The zero-order chi connectivity index (χ0) is 20.2. The normalized spacial score (nSPS) is 14.0. The van der Waals surface area contributed by atoms with Crippen molar-refractivity contribution in [2.24, 2.45) is 0 Å². The van der Waals surface area contributed by atoms with E-state index in [2.05, 4.69) is 6.92 Å². The van der Waals surface area contributed by atoms with Gasteiger partial charge < -0.3 is 4.89 Å². The van der Waals surface area contributed by atoms with Gasteiger partial charge in [0.05, 0.1) is 6.61 Å². The molecule has 0 heterocycles. The number of halogens is 2. The molecular formula is C20H42Cl2NO3P. The lowest BCUT2D eigenvalue weighted by Gasteiger charge is -2.24. The van der Waals surface area contributed by atoms with Crippen LogP contribution in [0.25, 0.3) is 0 Å². The molecule has 0 bridgehead atoms. The van der Waals surface area contributed by atoms with Crippen LogP contribution in [0.1, 0.15) is 96.8 Å². The van der Waals surface area contributed by atoms with E-state index in [0.29, 0.717) is 19.7 Å². The van der Waals surface area contributed by atoms with Gasteiger partial charge >= 0.3 is 7.75 Å². The van der Waals surface area contributed by atoms with Gasteiger partial charge in [-0.3, -0.25) is 4.52 Å². The molecule has 164 valence electrons. The van der Waals surface area contributed by atoms with Crippen molar-refractivity contribution in [3.63, 3.8) is 0 Å². The van der Waals surface area contributed by atoms with Crippen LogP contribution < -0.4 is 0 Å². The zero-order valence-corrected chi connectivity index (χ0v) is 19.8. The molecule has 0 saturated carbocycles. The first-order valence-corrected chi connectivity index (χ1v) is 13.5. The summed E-state index contributed by atoms with van der Waals surface area (Å²) < 4.78 is 18.7. The van der Waals surface area contributed by atoms with Crippen LogP contribution in [0.5, 0.6) is 0 Å². The van der Waals surface area contributed by atoms with Crippen LogP contribution in [-0.2, 0) is 9.09 Å². The van der Waals surface area contributed by atoms with Crippen molar-refractivity contribution in [1.82, 2.24) is 4.67 Å². The third-order valence-electron chi connectivity index (χ3n) is 4.80. The molecule has 0 aliphatic carbocycles. The van der Waals surface area contributed by atoms with Gasteiger partial charge in [0.1, 0.15) is 0 Å². The number of alkyl halides is 2. The maximum atomic E-state index is 12.2. The summed E-state index contributed by atoms with van der Waals surface area (Å²) >= 11 is 11.3. The second-order valence-electron chi connectivity index (χ2n) is 7.25. The predicted octanol–water partition coefficient (Wildman–Crippen LogP) is 7.36. The van der Waals surface area contributed by atoms with Crippen LogP contribution in [0.15, 0.2) is 0 Å². The summed E-state index contributed by atoms with van der Waals surface area (Å²) in [7, 11) is -3.76. The molecule has 27 heavy (non-hydrogen) atoms. The molecule has 1 unspecified atom stereocenters. The maximum Gasteiger partial charge on any atom is 0.405 e. The van der Waals surface area contributed by atoms with E-state index in [1.807, 2.05) is 0 Å². The van der Waals surface area contributed by atoms with E-state index in [-0.39, 0.29) is 11.8 Å². The van der Waals surface area contributed by atoms with E-state index >= 15 is 0 Å². The molecule has 7 heteroatoms. The first-order chi connectivity index (χ1) is 13.1. The first kappa shape index (κ1) is 27.7. The van der Waals surface area contributed by atoms with Gasteiger partial charge in [0.2, 0.25) is 0 Å². The number of hydrogen-bond acceptors (Lipinski definition) is 2. The summed E-state index contributed by atoms with van der Waals surface area (Å²) in [6.07, 6.45) is 18.0. The van der Waals surface area contributed by atoms with Crippen LogP contribution >= 0.6 is 30.9 Å². The van der Waals surface area contributed by atoms with E-state index in [9.17, 15) is 9.46 Å². The van der Waals surface area contributed by atoms with Gasteiger partial charge in [-0.1, -0.05) is 90.4 Å². The van der Waals surface area contributed by atoms with Crippen LogP contribution in [0.2, 0.25) is 0 Å². The molecule has 0 aliphatic heterocycles. The number of rotatable bonds is 21. The smallest absolute Gasteiger partial charge is 0.312 e. The Hall–Kier alpha value is 0.690. The van der Waals surface area contributed by atoms with Crippen LogP contribution in [0.3, 0.4) is 0 Å². The fourth-order valence-corrected chi connectivity index (χ4v) is 5.00. The molecule has 0 aromatic carbocycles. The minimum atomic E-state index is -3.76. The lowest BCUT2D eigenvalue weighted by atomic mass is 10.0. The molecule has 0 aliphatic rings. The number of unbranched alkanes of at least 4 members (excludes halogenated alkanes) is 13. The summed E-state index contributed by atoms with van der Waals surface area (Å²) in [5.74, 6) is 0.563. The zero-order valence-electron chi connectivity index (χ0n) is 17.3. The molecule has 0 saturated heterocycles. The molecule has 0 aromatic rings. The Morgan fingerprint density at radius 1 is 0.741 bits per heavy atom. The van der Waals surface area contributed by atoms with E-state index in [1.165, 1.54) is 81.7 Å². The average molecular weight is 446 g/mol. The molecule has 0 rings (SSSR count). The predicted molar refractivity (Wildman–Crippen MR) is 119 cm³/mol. The molecule has 0 fully saturated rings. The Balaban J connectivity index is 3.45. The fraction of sp³-hybridized carbons (Fsp3) is 1.00. The standard InChI is InChI=1S/C20H42Cl2NO3P/c1-2-3-4-5-6-7-8-9-10-11-12-13-14-15-20-26-27(24,25)23(18-16-21)19-17-22/h2-20H2,1H3,(H,24,25). The molecule has 0 aromatic heterocycles. The fourth-order valence-electron chi connectivity index (χ4n) is 3.12. The monoisotopic (exact) mass is 445 g/mol. The van der Waals surface area contributed by atoms with Crippen molar-refractivity contribution in [1.29, 1.82) is 0 Å². The third-order valence-corrected chi connectivity index (χ3v) is 6.77. The Kier molecular flexibility index (Phi) is 20.5. The van der Waals surface area contributed by atoms with E-state index in [0.717, 1.165) is 12.8 Å². The largest absolute Gasteiger partial charge is 0.405 e. The quantitative estimate of drug-likeness (QED) is 0.114.